The summed E-state index contributed by atoms with van der Waals surface area (Å²) in [6.07, 6.45) is 2.20. The van der Waals surface area contributed by atoms with Crippen LogP contribution in [-0.4, -0.2) is 37.7 Å². The van der Waals surface area contributed by atoms with Crippen LogP contribution in [0.1, 0.15) is 51.2 Å². The number of ketones is 1. The number of carbonyl (C=O) groups is 1. The summed E-state index contributed by atoms with van der Waals surface area (Å²) in [6, 6.07) is 16.1. The van der Waals surface area contributed by atoms with Gasteiger partial charge in [-0.25, -0.2) is 4.68 Å². The molecule has 5 rings (SSSR count). The minimum absolute atomic E-state index is 0.0932. The number of hydrogen-bond acceptors (Lipinski definition) is 4. The zero-order valence-electron chi connectivity index (χ0n) is 20.1. The lowest BCUT2D eigenvalue weighted by Gasteiger charge is -2.22. The number of hydrogen-bond donors (Lipinski definition) is 0. The number of thiophene rings is 1. The topological polar surface area (TPSA) is 52.2 Å². The van der Waals surface area contributed by atoms with E-state index in [0.717, 1.165) is 42.2 Å². The van der Waals surface area contributed by atoms with E-state index in [1.165, 1.54) is 4.88 Å². The van der Waals surface area contributed by atoms with E-state index in [-0.39, 0.29) is 11.3 Å². The van der Waals surface area contributed by atoms with Crippen LogP contribution in [0.3, 0.4) is 0 Å². The second-order valence-electron chi connectivity index (χ2n) is 9.10. The van der Waals surface area contributed by atoms with Gasteiger partial charge in [0.2, 0.25) is 0 Å². The van der Waals surface area contributed by atoms with Gasteiger partial charge in [-0.05, 0) is 69.8 Å². The predicted octanol–water partition coefficient (Wildman–Crippen LogP) is 4.97. The molecule has 3 aromatic heterocycles. The maximum absolute atomic E-state index is 13.6. The fraction of sp³-hybridized carbons (Fsp3) is 0.333. The lowest BCUT2D eigenvalue weighted by Crippen LogP contribution is -2.29. The molecule has 0 aliphatic carbocycles. The Morgan fingerprint density at radius 2 is 1.82 bits per heavy atom. The molecule has 7 heteroatoms. The van der Waals surface area contributed by atoms with Crippen LogP contribution in [0.5, 0.6) is 0 Å². The number of para-hydroxylation sites is 1. The van der Waals surface area contributed by atoms with Crippen LogP contribution in [0.2, 0.25) is 0 Å². The summed E-state index contributed by atoms with van der Waals surface area (Å²) >= 11 is 1.76. The van der Waals surface area contributed by atoms with E-state index < -0.39 is 0 Å². The van der Waals surface area contributed by atoms with Gasteiger partial charge in [0.1, 0.15) is 5.69 Å². The predicted molar refractivity (Wildman–Crippen MR) is 137 cm³/mol. The summed E-state index contributed by atoms with van der Waals surface area (Å²) < 4.78 is 5.51. The van der Waals surface area contributed by atoms with Gasteiger partial charge in [-0.15, -0.1) is 11.3 Å². The first-order valence-corrected chi connectivity index (χ1v) is 12.6. The SMILES string of the molecule is Cc1cc(C(=O)CN2CCC[C@@H]2c2cccs2)c(C)n1-c1c(C)n(C)n(-c2ccccc2)c1=O. The van der Waals surface area contributed by atoms with Gasteiger partial charge in [-0.2, -0.15) is 0 Å². The Bertz CT molecular complexity index is 1390. The van der Waals surface area contributed by atoms with Crippen LogP contribution >= 0.6 is 11.3 Å². The van der Waals surface area contributed by atoms with Crippen molar-refractivity contribution in [2.75, 3.05) is 13.1 Å². The molecule has 0 spiro atoms. The van der Waals surface area contributed by atoms with Crippen molar-refractivity contribution in [1.29, 1.82) is 0 Å². The van der Waals surface area contributed by atoms with Crippen LogP contribution in [0.25, 0.3) is 11.4 Å². The molecule has 1 aliphatic heterocycles. The number of likely N-dealkylation sites (tertiary alicyclic amines) is 1. The highest BCUT2D eigenvalue weighted by Gasteiger charge is 2.30. The summed E-state index contributed by atoms with van der Waals surface area (Å²) in [5.41, 5.74) is 4.58. The number of aryl methyl sites for hydroxylation is 1. The first kappa shape index (κ1) is 22.6. The average Bonchev–Trinajstić information content (AvgIpc) is 3.60. The lowest BCUT2D eigenvalue weighted by molar-refractivity contribution is 0.0922. The van der Waals surface area contributed by atoms with Crippen LogP contribution in [0.4, 0.5) is 0 Å². The van der Waals surface area contributed by atoms with Gasteiger partial charge < -0.3 is 4.57 Å². The van der Waals surface area contributed by atoms with E-state index in [9.17, 15) is 9.59 Å². The van der Waals surface area contributed by atoms with E-state index in [0.29, 0.717) is 23.8 Å². The van der Waals surface area contributed by atoms with Crippen molar-refractivity contribution < 1.29 is 4.79 Å². The van der Waals surface area contributed by atoms with E-state index in [2.05, 4.69) is 22.4 Å². The van der Waals surface area contributed by atoms with Crippen LogP contribution in [0, 0.1) is 20.8 Å². The van der Waals surface area contributed by atoms with Crippen molar-refractivity contribution in [3.8, 4) is 11.4 Å². The third-order valence-electron chi connectivity index (χ3n) is 7.06. The first-order valence-electron chi connectivity index (χ1n) is 11.7. The molecule has 0 bridgehead atoms. The molecule has 0 amide bonds. The van der Waals surface area contributed by atoms with Crippen LogP contribution < -0.4 is 5.56 Å². The van der Waals surface area contributed by atoms with Crippen molar-refractivity contribution in [1.82, 2.24) is 18.8 Å². The van der Waals surface area contributed by atoms with E-state index in [1.54, 1.807) is 16.0 Å². The quantitative estimate of drug-likeness (QED) is 0.371. The molecule has 6 nitrogen and oxygen atoms in total. The molecule has 1 aromatic carbocycles. The van der Waals surface area contributed by atoms with E-state index >= 15 is 0 Å². The Kier molecular flexibility index (Phi) is 5.91. The van der Waals surface area contributed by atoms with Gasteiger partial charge in [0.15, 0.2) is 5.78 Å². The molecule has 1 aliphatic rings. The fourth-order valence-corrected chi connectivity index (χ4v) is 6.18. The van der Waals surface area contributed by atoms with Gasteiger partial charge in [0.25, 0.3) is 5.56 Å². The number of nitrogens with zero attached hydrogens (tertiary/aromatic N) is 4. The van der Waals surface area contributed by atoms with Gasteiger partial charge in [-0.3, -0.25) is 19.2 Å². The zero-order valence-corrected chi connectivity index (χ0v) is 20.9. The Labute approximate surface area is 203 Å². The number of aromatic nitrogens is 3. The third-order valence-corrected chi connectivity index (χ3v) is 8.03. The molecule has 1 atom stereocenters. The minimum atomic E-state index is -0.0932. The number of carbonyl (C=O) groups excluding carboxylic acids is 1. The highest BCUT2D eigenvalue weighted by atomic mass is 32.1. The van der Waals surface area contributed by atoms with Crippen molar-refractivity contribution in [3.63, 3.8) is 0 Å². The maximum atomic E-state index is 13.6. The van der Waals surface area contributed by atoms with Gasteiger partial charge in [0, 0.05) is 34.9 Å². The van der Waals surface area contributed by atoms with Crippen molar-refractivity contribution >= 4 is 17.1 Å². The summed E-state index contributed by atoms with van der Waals surface area (Å²) in [5, 5.41) is 2.10. The molecule has 4 heterocycles. The van der Waals surface area contributed by atoms with E-state index in [4.69, 9.17) is 0 Å². The minimum Gasteiger partial charge on any atom is -0.311 e. The van der Waals surface area contributed by atoms with Crippen molar-refractivity contribution in [2.45, 2.75) is 39.7 Å². The third kappa shape index (κ3) is 3.69. The largest absolute Gasteiger partial charge is 0.311 e. The Hall–Kier alpha value is -3.16. The molecule has 0 saturated carbocycles. The van der Waals surface area contributed by atoms with Crippen LogP contribution in [-0.2, 0) is 7.05 Å². The van der Waals surface area contributed by atoms with Gasteiger partial charge in [-0.1, -0.05) is 24.3 Å². The molecule has 0 unspecified atom stereocenters. The fourth-order valence-electron chi connectivity index (χ4n) is 5.29. The second-order valence-corrected chi connectivity index (χ2v) is 10.1. The zero-order chi connectivity index (χ0) is 24.0. The van der Waals surface area contributed by atoms with Gasteiger partial charge in [0.05, 0.1) is 17.9 Å². The molecule has 1 fully saturated rings. The molecule has 176 valence electrons. The maximum Gasteiger partial charge on any atom is 0.295 e. The Morgan fingerprint density at radius 3 is 2.53 bits per heavy atom. The smallest absolute Gasteiger partial charge is 0.295 e. The highest BCUT2D eigenvalue weighted by Crippen LogP contribution is 2.34. The summed E-state index contributed by atoms with van der Waals surface area (Å²) in [4.78, 5) is 30.7. The Morgan fingerprint density at radius 1 is 1.06 bits per heavy atom. The molecule has 4 aromatic rings. The van der Waals surface area contributed by atoms with Crippen molar-refractivity contribution in [3.05, 3.63) is 91.8 Å². The number of Topliss-reactive ketones (excluding diaryl/α,β-unsaturated/α-hetero) is 1. The standard InChI is InChI=1S/C27H30N4O2S/c1-18-16-22(24(32)17-29-14-8-12-23(29)25-13-9-15-34-25)19(2)30(18)26-20(3)28(4)31(27(26)33)21-10-6-5-7-11-21/h5-7,9-11,13,15-16,23H,8,12,14,17H2,1-4H3/t23-/m1/s1. The monoisotopic (exact) mass is 474 g/mol. The summed E-state index contributed by atoms with van der Waals surface area (Å²) in [6.45, 7) is 7.19. The molecular weight excluding hydrogens is 444 g/mol. The van der Waals surface area contributed by atoms with E-state index in [1.807, 2.05) is 73.5 Å². The average molecular weight is 475 g/mol. The molecule has 34 heavy (non-hydrogen) atoms. The number of rotatable bonds is 6. The number of benzene rings is 1. The Balaban J connectivity index is 1.50. The van der Waals surface area contributed by atoms with Gasteiger partial charge >= 0.3 is 0 Å². The molecule has 0 radical (unpaired) electrons. The lowest BCUT2D eigenvalue weighted by atomic mass is 10.1. The summed E-state index contributed by atoms with van der Waals surface area (Å²) in [7, 11) is 1.89. The normalized spacial score (nSPS) is 16.4. The second kappa shape index (κ2) is 8.89. The molecule has 1 saturated heterocycles. The molecule has 0 N–H and O–H groups in total. The van der Waals surface area contributed by atoms with Crippen LogP contribution in [0.15, 0.2) is 58.7 Å². The van der Waals surface area contributed by atoms with Crippen molar-refractivity contribution in [2.24, 2.45) is 7.05 Å². The molecular formula is C27H30N4O2S. The first-order chi connectivity index (χ1) is 16.4. The summed E-state index contributed by atoms with van der Waals surface area (Å²) in [5.74, 6) is 0.111. The highest BCUT2D eigenvalue weighted by molar-refractivity contribution is 7.10.